The van der Waals surface area contributed by atoms with Gasteiger partial charge in [-0.15, -0.1) is 0 Å². The van der Waals surface area contributed by atoms with E-state index in [-0.39, 0.29) is 70.8 Å². The average Bonchev–Trinajstić information content (AvgIpc) is 2.50. The molecule has 0 aliphatic rings. The van der Waals surface area contributed by atoms with E-state index in [1.54, 1.807) is 0 Å². The van der Waals surface area contributed by atoms with Crippen LogP contribution in [-0.2, 0) is 9.59 Å². The molecule has 25 heavy (non-hydrogen) atoms. The number of rotatable bonds is 16. The minimum Gasteiger partial charge on any atom is -0.550 e. The van der Waals surface area contributed by atoms with E-state index in [9.17, 15) is 19.8 Å². The van der Waals surface area contributed by atoms with Gasteiger partial charge in [0.15, 0.2) is 0 Å². The molecule has 0 bridgehead atoms. The number of aliphatic hydroxyl groups is 1. The number of carboxylic acids is 2. The summed E-state index contributed by atoms with van der Waals surface area (Å²) in [7, 11) is 0. The van der Waals surface area contributed by atoms with Crippen LogP contribution in [0.5, 0.6) is 0 Å². The van der Waals surface area contributed by atoms with Crippen molar-refractivity contribution in [2.24, 2.45) is 0 Å². The normalized spacial score (nSPS) is 13.4. The number of quaternary nitrogens is 1. The Hall–Kier alpha value is 0.236. The largest absolute Gasteiger partial charge is 1.00 e. The molecule has 0 aliphatic carbocycles. The van der Waals surface area contributed by atoms with Crippen LogP contribution >= 0.6 is 0 Å². The predicted molar refractivity (Wildman–Crippen MR) is 91.2 cm³/mol. The van der Waals surface area contributed by atoms with Gasteiger partial charge in [0, 0.05) is 18.8 Å². The Kier molecular flexibility index (Phi) is 19.4. The van der Waals surface area contributed by atoms with E-state index in [0.717, 1.165) is 32.2 Å². The maximum Gasteiger partial charge on any atom is 1.00 e. The van der Waals surface area contributed by atoms with Crippen molar-refractivity contribution in [3.8, 4) is 0 Å². The van der Waals surface area contributed by atoms with Crippen LogP contribution in [0, 0.1) is 0 Å². The Bertz CT molecular complexity index is 368. The minimum absolute atomic E-state index is 0. The molecule has 0 saturated carbocycles. The van der Waals surface area contributed by atoms with Crippen molar-refractivity contribution in [3.05, 3.63) is 12.2 Å². The first kappa shape index (κ1) is 27.5. The van der Waals surface area contributed by atoms with Gasteiger partial charge in [-0.25, -0.2) is 0 Å². The van der Waals surface area contributed by atoms with Gasteiger partial charge in [0.1, 0.15) is 6.54 Å². The van der Waals surface area contributed by atoms with Crippen LogP contribution in [0.4, 0.5) is 0 Å². The molecule has 0 aromatic heterocycles. The minimum atomic E-state index is -1.06. The van der Waals surface area contributed by atoms with Gasteiger partial charge in [-0.05, 0) is 32.1 Å². The van der Waals surface area contributed by atoms with Crippen LogP contribution in [0.3, 0.4) is 0 Å². The van der Waals surface area contributed by atoms with E-state index < -0.39 is 11.9 Å². The molecule has 0 rings (SSSR count). The molecule has 0 amide bonds. The van der Waals surface area contributed by atoms with Crippen LogP contribution in [0.1, 0.15) is 58.3 Å². The van der Waals surface area contributed by atoms with Crippen LogP contribution in [0.2, 0.25) is 0 Å². The molecule has 7 heteroatoms. The molecule has 0 heterocycles. The number of nitrogens with zero attached hydrogens (tertiary/aromatic N) is 1. The molecule has 0 radical (unpaired) electrons. The third-order valence-corrected chi connectivity index (χ3v) is 4.27. The van der Waals surface area contributed by atoms with Gasteiger partial charge in [0.25, 0.3) is 0 Å². The summed E-state index contributed by atoms with van der Waals surface area (Å²) in [6.07, 6.45) is 9.51. The molecule has 1 atom stereocenters. The van der Waals surface area contributed by atoms with Gasteiger partial charge in [0.2, 0.25) is 0 Å². The summed E-state index contributed by atoms with van der Waals surface area (Å²) < 4.78 is 0.592. The SMILES string of the molecule is CC/C=C/CCCC[N+](CCO)(CCCC(=O)[O-])CCCC(=O)O.[K+]. The molecular weight excluding hydrogens is 349 g/mol. The summed E-state index contributed by atoms with van der Waals surface area (Å²) in [5.74, 6) is -1.89. The monoisotopic (exact) mass is 382 g/mol. The van der Waals surface area contributed by atoms with Gasteiger partial charge < -0.3 is 24.6 Å². The molecule has 0 saturated heterocycles. The van der Waals surface area contributed by atoms with Crippen molar-refractivity contribution < 1.29 is 80.8 Å². The molecule has 0 aliphatic heterocycles. The van der Waals surface area contributed by atoms with Gasteiger partial charge in [-0.3, -0.25) is 4.79 Å². The zero-order chi connectivity index (χ0) is 18.3. The fraction of sp³-hybridized carbons (Fsp3) is 0.778. The number of allylic oxidation sites excluding steroid dienone is 2. The fourth-order valence-corrected chi connectivity index (χ4v) is 3.00. The van der Waals surface area contributed by atoms with E-state index in [4.69, 9.17) is 5.11 Å². The van der Waals surface area contributed by atoms with Crippen molar-refractivity contribution in [1.82, 2.24) is 0 Å². The van der Waals surface area contributed by atoms with Crippen molar-refractivity contribution in [3.63, 3.8) is 0 Å². The first-order chi connectivity index (χ1) is 11.5. The number of carbonyl (C=O) groups is 2. The van der Waals surface area contributed by atoms with Gasteiger partial charge >= 0.3 is 57.4 Å². The first-order valence-electron chi connectivity index (χ1n) is 8.98. The van der Waals surface area contributed by atoms with Crippen molar-refractivity contribution in [2.75, 3.05) is 32.8 Å². The van der Waals surface area contributed by atoms with E-state index in [1.807, 2.05) is 0 Å². The molecule has 0 fully saturated rings. The van der Waals surface area contributed by atoms with Crippen molar-refractivity contribution >= 4 is 11.9 Å². The maximum atomic E-state index is 10.8. The Morgan fingerprint density at radius 1 is 0.960 bits per heavy atom. The van der Waals surface area contributed by atoms with Crippen LogP contribution < -0.4 is 56.5 Å². The second kappa shape index (κ2) is 17.6. The maximum absolute atomic E-state index is 10.8. The van der Waals surface area contributed by atoms with E-state index in [0.29, 0.717) is 37.0 Å². The van der Waals surface area contributed by atoms with E-state index in [2.05, 4.69) is 19.1 Å². The Morgan fingerprint density at radius 3 is 2.08 bits per heavy atom. The zero-order valence-corrected chi connectivity index (χ0v) is 19.0. The van der Waals surface area contributed by atoms with Crippen LogP contribution in [-0.4, -0.2) is 59.4 Å². The summed E-state index contributed by atoms with van der Waals surface area (Å²) in [4.78, 5) is 21.4. The zero-order valence-electron chi connectivity index (χ0n) is 15.9. The number of aliphatic carboxylic acids is 2. The predicted octanol–water partition coefficient (Wildman–Crippen LogP) is -1.67. The third-order valence-electron chi connectivity index (χ3n) is 4.27. The number of carboxylic acid groups (broad SMARTS) is 2. The van der Waals surface area contributed by atoms with Crippen LogP contribution in [0.25, 0.3) is 0 Å². The standard InChI is InChI=1S/C18H33NO5.K/c1-2-3-4-5-6-7-12-19(15-16-20,13-8-10-17(21)22)14-9-11-18(23)24;/h3-4,20H,2,5-16H2,1H3,(H-,21,22,23,24);/q;+1/b4-3+;. The first-order valence-corrected chi connectivity index (χ1v) is 8.98. The molecule has 1 unspecified atom stereocenters. The van der Waals surface area contributed by atoms with E-state index in [1.165, 1.54) is 0 Å². The number of unbranched alkanes of at least 4 members (excludes halogenated alkanes) is 2. The van der Waals surface area contributed by atoms with Crippen LogP contribution in [0.15, 0.2) is 12.2 Å². The second-order valence-electron chi connectivity index (χ2n) is 6.31. The fourth-order valence-electron chi connectivity index (χ4n) is 3.00. The molecule has 140 valence electrons. The summed E-state index contributed by atoms with van der Waals surface area (Å²) in [6.45, 7) is 4.79. The average molecular weight is 383 g/mol. The molecule has 6 nitrogen and oxygen atoms in total. The van der Waals surface area contributed by atoms with Gasteiger partial charge in [-0.2, -0.15) is 0 Å². The summed E-state index contributed by atoms with van der Waals surface area (Å²) in [5.41, 5.74) is 0. The smallest absolute Gasteiger partial charge is 0.550 e. The number of carbonyl (C=O) groups excluding carboxylic acids is 1. The Balaban J connectivity index is 0. The Morgan fingerprint density at radius 2 is 1.56 bits per heavy atom. The van der Waals surface area contributed by atoms with E-state index >= 15 is 0 Å². The second-order valence-corrected chi connectivity index (χ2v) is 6.31. The molecule has 0 spiro atoms. The number of hydrogen-bond acceptors (Lipinski definition) is 4. The Labute approximate surface area is 194 Å². The topological polar surface area (TPSA) is 97.7 Å². The summed E-state index contributed by atoms with van der Waals surface area (Å²) in [6, 6.07) is 0. The molecule has 0 aromatic rings. The van der Waals surface area contributed by atoms with Crippen molar-refractivity contribution in [2.45, 2.75) is 58.3 Å². The quantitative estimate of drug-likeness (QED) is 0.144. The molecule has 2 N–H and O–H groups in total. The number of aliphatic hydroxyl groups excluding tert-OH is 1. The summed E-state index contributed by atoms with van der Waals surface area (Å²) in [5, 5.41) is 28.9. The summed E-state index contributed by atoms with van der Waals surface area (Å²) >= 11 is 0. The molecular formula is C18H33KNO5+. The van der Waals surface area contributed by atoms with Gasteiger partial charge in [0.05, 0.1) is 32.7 Å². The van der Waals surface area contributed by atoms with Gasteiger partial charge in [-0.1, -0.05) is 19.1 Å². The number of hydrogen-bond donors (Lipinski definition) is 2. The third kappa shape index (κ3) is 16.2. The van der Waals surface area contributed by atoms with Crippen molar-refractivity contribution in [1.29, 1.82) is 0 Å². The molecule has 0 aromatic carbocycles.